The molecule has 2 aromatic rings. The van der Waals surface area contributed by atoms with Crippen LogP contribution in [0.4, 0.5) is 5.95 Å². The van der Waals surface area contributed by atoms with Crippen LogP contribution in [0, 0.1) is 0 Å². The molecule has 3 rings (SSSR count). The fraction of sp³-hybridized carbons (Fsp3) is 0.214. The summed E-state index contributed by atoms with van der Waals surface area (Å²) in [7, 11) is 0. The van der Waals surface area contributed by atoms with Gasteiger partial charge < -0.3 is 0 Å². The lowest BCUT2D eigenvalue weighted by Gasteiger charge is -2.10. The predicted octanol–water partition coefficient (Wildman–Crippen LogP) is 1.95. The molecular formula is C14H13ClN6O2S. The van der Waals surface area contributed by atoms with Gasteiger partial charge in [0, 0.05) is 23.6 Å². The second kappa shape index (κ2) is 7.45. The van der Waals surface area contributed by atoms with Crippen molar-refractivity contribution >= 4 is 46.8 Å². The quantitative estimate of drug-likeness (QED) is 0.702. The highest BCUT2D eigenvalue weighted by Crippen LogP contribution is 2.21. The van der Waals surface area contributed by atoms with Gasteiger partial charge in [-0.2, -0.15) is 10.1 Å². The Labute approximate surface area is 146 Å². The molecule has 8 nitrogen and oxygen atoms in total. The van der Waals surface area contributed by atoms with Crippen molar-refractivity contribution in [3.05, 3.63) is 34.9 Å². The molecule has 0 unspecified atom stereocenters. The third kappa shape index (κ3) is 4.33. The van der Waals surface area contributed by atoms with Crippen LogP contribution in [-0.4, -0.2) is 32.7 Å². The molecule has 2 heterocycles. The van der Waals surface area contributed by atoms with Crippen molar-refractivity contribution in [1.29, 1.82) is 0 Å². The Hall–Kier alpha value is -2.39. The first kappa shape index (κ1) is 16.5. The van der Waals surface area contributed by atoms with Crippen LogP contribution in [0.3, 0.4) is 0 Å². The minimum absolute atomic E-state index is 0.202. The van der Waals surface area contributed by atoms with E-state index in [9.17, 15) is 9.59 Å². The van der Waals surface area contributed by atoms with E-state index in [1.165, 1.54) is 11.8 Å². The number of nitrogens with zero attached hydrogens (tertiary/aromatic N) is 3. The number of hydrogen-bond acceptors (Lipinski definition) is 6. The molecule has 0 fully saturated rings. The zero-order chi connectivity index (χ0) is 16.9. The monoisotopic (exact) mass is 364 g/mol. The van der Waals surface area contributed by atoms with Crippen molar-refractivity contribution in [3.63, 3.8) is 0 Å². The fourth-order valence-corrected chi connectivity index (χ4v) is 2.79. The van der Waals surface area contributed by atoms with Crippen molar-refractivity contribution < 1.29 is 9.59 Å². The Morgan fingerprint density at radius 2 is 2.08 bits per heavy atom. The van der Waals surface area contributed by atoms with Gasteiger partial charge in [0.15, 0.2) is 0 Å². The summed E-state index contributed by atoms with van der Waals surface area (Å²) in [6, 6.07) is 7.51. The number of aromatic nitrogens is 3. The summed E-state index contributed by atoms with van der Waals surface area (Å²) in [5, 5.41) is 14.2. The topological polar surface area (TPSA) is 112 Å². The summed E-state index contributed by atoms with van der Waals surface area (Å²) in [6.07, 6.45) is 0.537. The molecule has 2 amide bonds. The van der Waals surface area contributed by atoms with E-state index in [-0.39, 0.29) is 24.0 Å². The van der Waals surface area contributed by atoms with Gasteiger partial charge in [0.25, 0.3) is 5.91 Å². The highest BCUT2D eigenvalue weighted by atomic mass is 35.5. The number of anilines is 1. The zero-order valence-corrected chi connectivity index (χ0v) is 13.9. The van der Waals surface area contributed by atoms with E-state index in [1.807, 2.05) is 24.3 Å². The van der Waals surface area contributed by atoms with Gasteiger partial charge in [0.1, 0.15) is 5.71 Å². The summed E-state index contributed by atoms with van der Waals surface area (Å²) in [4.78, 5) is 27.2. The minimum atomic E-state index is -0.416. The average Bonchev–Trinajstić information content (AvgIpc) is 3.02. The second-order valence-corrected chi connectivity index (χ2v) is 6.31. The third-order valence-corrected chi connectivity index (χ3v) is 4.31. The molecule has 0 spiro atoms. The maximum atomic E-state index is 12.0. The maximum absolute atomic E-state index is 12.0. The maximum Gasteiger partial charge on any atom is 0.274 e. The first-order chi connectivity index (χ1) is 11.6. The largest absolute Gasteiger partial charge is 0.290 e. The number of thioether (sulfide) groups is 1. The van der Waals surface area contributed by atoms with Crippen LogP contribution in [0.5, 0.6) is 0 Å². The van der Waals surface area contributed by atoms with E-state index in [4.69, 9.17) is 11.6 Å². The van der Waals surface area contributed by atoms with Crippen LogP contribution in [0.25, 0.3) is 0 Å². The number of hydrazone groups is 1. The molecule has 1 aliphatic heterocycles. The lowest BCUT2D eigenvalue weighted by molar-refractivity contribution is -0.121. The first-order valence-electron chi connectivity index (χ1n) is 7.06. The number of rotatable bonds is 5. The first-order valence-corrected chi connectivity index (χ1v) is 8.43. The van der Waals surface area contributed by atoms with E-state index < -0.39 is 5.91 Å². The van der Waals surface area contributed by atoms with Crippen LogP contribution >= 0.6 is 23.4 Å². The van der Waals surface area contributed by atoms with Crippen molar-refractivity contribution in [1.82, 2.24) is 20.6 Å². The number of carbonyl (C=O) groups is 2. The van der Waals surface area contributed by atoms with Gasteiger partial charge in [-0.25, -0.2) is 10.5 Å². The number of amides is 2. The standard InChI is InChI=1S/C14H13ClN6O2S/c15-9-3-1-8(2-4-9)7-24-14-17-13(20-21-14)16-12(23)10-5-6-11(22)19-18-10/h1-4H,5-7H2,(H,19,22)(H2,16,17,20,21,23). The smallest absolute Gasteiger partial charge is 0.274 e. The number of aromatic amines is 1. The van der Waals surface area contributed by atoms with Crippen molar-refractivity contribution in [3.8, 4) is 0 Å². The van der Waals surface area contributed by atoms with Crippen molar-refractivity contribution in [2.45, 2.75) is 23.8 Å². The van der Waals surface area contributed by atoms with Gasteiger partial charge in [0.2, 0.25) is 17.0 Å². The van der Waals surface area contributed by atoms with Crippen molar-refractivity contribution in [2.24, 2.45) is 5.10 Å². The summed E-state index contributed by atoms with van der Waals surface area (Å²) < 4.78 is 0. The molecular weight excluding hydrogens is 352 g/mol. The van der Waals surface area contributed by atoms with Gasteiger partial charge >= 0.3 is 0 Å². The van der Waals surface area contributed by atoms with Gasteiger partial charge in [-0.05, 0) is 17.7 Å². The molecule has 124 valence electrons. The van der Waals surface area contributed by atoms with E-state index >= 15 is 0 Å². The molecule has 1 aliphatic rings. The molecule has 3 N–H and O–H groups in total. The van der Waals surface area contributed by atoms with Gasteiger partial charge in [-0.3, -0.25) is 14.9 Å². The molecule has 0 saturated carbocycles. The molecule has 0 aliphatic carbocycles. The van der Waals surface area contributed by atoms with E-state index in [0.29, 0.717) is 22.4 Å². The van der Waals surface area contributed by atoms with Crippen LogP contribution in [-0.2, 0) is 15.3 Å². The van der Waals surface area contributed by atoms with Crippen LogP contribution in [0.2, 0.25) is 5.02 Å². The van der Waals surface area contributed by atoms with E-state index in [1.54, 1.807) is 0 Å². The van der Waals surface area contributed by atoms with E-state index in [2.05, 4.69) is 31.0 Å². The predicted molar refractivity (Wildman–Crippen MR) is 90.8 cm³/mol. The van der Waals surface area contributed by atoms with Crippen LogP contribution in [0.15, 0.2) is 34.5 Å². The SMILES string of the molecule is O=C1CCC(C(=O)Nc2nc(SCc3ccc(Cl)cc3)n[nH]2)=NN1. The summed E-state index contributed by atoms with van der Waals surface area (Å²) in [5.74, 6) is 0.298. The second-order valence-electron chi connectivity index (χ2n) is 4.93. The van der Waals surface area contributed by atoms with Crippen LogP contribution in [0.1, 0.15) is 18.4 Å². The fourth-order valence-electron chi connectivity index (χ4n) is 1.91. The molecule has 24 heavy (non-hydrogen) atoms. The lowest BCUT2D eigenvalue weighted by Crippen LogP contribution is -2.33. The highest BCUT2D eigenvalue weighted by Gasteiger charge is 2.19. The Bertz CT molecular complexity index is 789. The third-order valence-electron chi connectivity index (χ3n) is 3.14. The van der Waals surface area contributed by atoms with E-state index in [0.717, 1.165) is 5.56 Å². The number of benzene rings is 1. The number of H-pyrrole nitrogens is 1. The Balaban J connectivity index is 1.54. The number of hydrogen-bond donors (Lipinski definition) is 3. The molecule has 1 aromatic heterocycles. The minimum Gasteiger partial charge on any atom is -0.290 e. The number of carbonyl (C=O) groups excluding carboxylic acids is 2. The summed E-state index contributed by atoms with van der Waals surface area (Å²) in [6.45, 7) is 0. The van der Waals surface area contributed by atoms with Gasteiger partial charge in [0.05, 0.1) is 0 Å². The Morgan fingerprint density at radius 3 is 2.79 bits per heavy atom. The van der Waals surface area contributed by atoms with Crippen LogP contribution < -0.4 is 10.7 Å². The Morgan fingerprint density at radius 1 is 1.29 bits per heavy atom. The number of nitrogens with one attached hydrogen (secondary N) is 3. The van der Waals surface area contributed by atoms with Crippen molar-refractivity contribution in [2.75, 3.05) is 5.32 Å². The molecule has 1 aromatic carbocycles. The molecule has 0 bridgehead atoms. The van der Waals surface area contributed by atoms with Gasteiger partial charge in [-0.1, -0.05) is 35.5 Å². The molecule has 10 heteroatoms. The Kier molecular flexibility index (Phi) is 5.11. The highest BCUT2D eigenvalue weighted by molar-refractivity contribution is 7.98. The average molecular weight is 365 g/mol. The molecule has 0 atom stereocenters. The lowest BCUT2D eigenvalue weighted by atomic mass is 10.2. The molecule has 0 saturated heterocycles. The normalized spacial score (nSPS) is 14.0. The van der Waals surface area contributed by atoms with Gasteiger partial charge in [-0.15, -0.1) is 5.10 Å². The summed E-state index contributed by atoms with van der Waals surface area (Å²) >= 11 is 7.27. The molecule has 0 radical (unpaired) electrons. The zero-order valence-electron chi connectivity index (χ0n) is 12.4. The summed E-state index contributed by atoms with van der Waals surface area (Å²) in [5.41, 5.74) is 3.62. The number of halogens is 1.